The number of nitrogens with zero attached hydrogens (tertiary/aromatic N) is 1. The third-order valence-electron chi connectivity index (χ3n) is 4.55. The maximum Gasteiger partial charge on any atom is 0.0833 e. The highest BCUT2D eigenvalue weighted by Gasteiger charge is 2.58. The van der Waals surface area contributed by atoms with Crippen LogP contribution in [0.1, 0.15) is 43.2 Å². The SMILES string of the molecule is Cc1cccc(C2(C#N)CC3(CCC3)C2)c1. The van der Waals surface area contributed by atoms with Gasteiger partial charge in [-0.3, -0.25) is 0 Å². The van der Waals surface area contributed by atoms with E-state index in [2.05, 4.69) is 37.3 Å². The second-order valence-electron chi connectivity index (χ2n) is 5.77. The van der Waals surface area contributed by atoms with E-state index in [1.54, 1.807) is 0 Å². The molecule has 1 heteroatoms. The molecular formula is C15H17N. The zero-order valence-corrected chi connectivity index (χ0v) is 9.79. The van der Waals surface area contributed by atoms with Crippen LogP contribution >= 0.6 is 0 Å². The highest BCUT2D eigenvalue weighted by atomic mass is 14.6. The Morgan fingerprint density at radius 3 is 2.50 bits per heavy atom. The first-order valence-corrected chi connectivity index (χ1v) is 6.17. The molecule has 1 aromatic rings. The first kappa shape index (κ1) is 9.90. The molecule has 2 aliphatic carbocycles. The lowest BCUT2D eigenvalue weighted by molar-refractivity contribution is -0.0227. The van der Waals surface area contributed by atoms with E-state index in [4.69, 9.17) is 0 Å². The highest BCUT2D eigenvalue weighted by molar-refractivity contribution is 5.40. The fraction of sp³-hybridized carbons (Fsp3) is 0.533. The zero-order valence-electron chi connectivity index (χ0n) is 9.79. The van der Waals surface area contributed by atoms with E-state index in [-0.39, 0.29) is 5.41 Å². The van der Waals surface area contributed by atoms with Crippen LogP contribution in [0, 0.1) is 23.7 Å². The van der Waals surface area contributed by atoms with Gasteiger partial charge in [0.25, 0.3) is 0 Å². The molecule has 0 atom stereocenters. The Morgan fingerprint density at radius 2 is 2.00 bits per heavy atom. The molecule has 3 rings (SSSR count). The fourth-order valence-electron chi connectivity index (χ4n) is 3.55. The largest absolute Gasteiger partial charge is 0.197 e. The van der Waals surface area contributed by atoms with Gasteiger partial charge in [-0.2, -0.15) is 5.26 Å². The first-order chi connectivity index (χ1) is 7.68. The third-order valence-corrected chi connectivity index (χ3v) is 4.55. The summed E-state index contributed by atoms with van der Waals surface area (Å²) in [6, 6.07) is 11.1. The lowest BCUT2D eigenvalue weighted by atomic mass is 9.44. The number of aryl methyl sites for hydroxylation is 1. The normalized spacial score (nSPS) is 24.2. The van der Waals surface area contributed by atoms with Crippen molar-refractivity contribution in [1.29, 1.82) is 5.26 Å². The Morgan fingerprint density at radius 1 is 1.25 bits per heavy atom. The van der Waals surface area contributed by atoms with Crippen molar-refractivity contribution in [3.8, 4) is 6.07 Å². The molecule has 0 heterocycles. The van der Waals surface area contributed by atoms with Gasteiger partial charge in [0, 0.05) is 0 Å². The van der Waals surface area contributed by atoms with Crippen molar-refractivity contribution in [2.45, 2.75) is 44.4 Å². The van der Waals surface area contributed by atoms with E-state index < -0.39 is 0 Å². The number of hydrogen-bond donors (Lipinski definition) is 0. The molecule has 1 aromatic carbocycles. The number of rotatable bonds is 1. The van der Waals surface area contributed by atoms with E-state index >= 15 is 0 Å². The van der Waals surface area contributed by atoms with Crippen LogP contribution in [0.4, 0.5) is 0 Å². The van der Waals surface area contributed by atoms with E-state index in [1.807, 2.05) is 0 Å². The van der Waals surface area contributed by atoms with Crippen LogP contribution in [0.3, 0.4) is 0 Å². The fourth-order valence-corrected chi connectivity index (χ4v) is 3.55. The summed E-state index contributed by atoms with van der Waals surface area (Å²) in [6.07, 6.45) is 6.26. The Labute approximate surface area is 97.1 Å². The van der Waals surface area contributed by atoms with Crippen molar-refractivity contribution < 1.29 is 0 Å². The number of hydrogen-bond acceptors (Lipinski definition) is 1. The molecule has 2 saturated carbocycles. The molecule has 0 bridgehead atoms. The van der Waals surface area contributed by atoms with E-state index in [1.165, 1.54) is 30.4 Å². The average Bonchev–Trinajstić information content (AvgIpc) is 2.15. The Kier molecular flexibility index (Phi) is 1.92. The smallest absolute Gasteiger partial charge is 0.0833 e. The number of nitriles is 1. The molecule has 2 aliphatic rings. The van der Waals surface area contributed by atoms with Gasteiger partial charge >= 0.3 is 0 Å². The van der Waals surface area contributed by atoms with Crippen LogP contribution in [0.25, 0.3) is 0 Å². The monoisotopic (exact) mass is 211 g/mol. The summed E-state index contributed by atoms with van der Waals surface area (Å²) in [5.74, 6) is 0. The van der Waals surface area contributed by atoms with Gasteiger partial charge in [-0.1, -0.05) is 36.2 Å². The molecule has 0 radical (unpaired) electrons. The molecular weight excluding hydrogens is 194 g/mol. The predicted octanol–water partition coefficient (Wildman–Crippen LogP) is 3.72. The summed E-state index contributed by atoms with van der Waals surface area (Å²) in [6.45, 7) is 2.10. The molecule has 0 aliphatic heterocycles. The van der Waals surface area contributed by atoms with E-state index in [0.29, 0.717) is 5.41 Å². The Bertz CT molecular complexity index is 455. The standard InChI is InChI=1S/C15H17N/c1-12-4-2-5-13(8-12)15(11-16)9-14(10-15)6-3-7-14/h2,4-5,8H,3,6-7,9-10H2,1H3. The van der Waals surface area contributed by atoms with Crippen LogP contribution in [0.2, 0.25) is 0 Å². The third kappa shape index (κ3) is 1.23. The Hall–Kier alpha value is -1.29. The summed E-state index contributed by atoms with van der Waals surface area (Å²) in [7, 11) is 0. The summed E-state index contributed by atoms with van der Waals surface area (Å²) >= 11 is 0. The molecule has 16 heavy (non-hydrogen) atoms. The van der Waals surface area contributed by atoms with Crippen molar-refractivity contribution in [3.63, 3.8) is 0 Å². The van der Waals surface area contributed by atoms with Gasteiger partial charge in [0.1, 0.15) is 0 Å². The topological polar surface area (TPSA) is 23.8 Å². The summed E-state index contributed by atoms with van der Waals surface area (Å²) in [5, 5.41) is 9.48. The number of benzene rings is 1. The minimum absolute atomic E-state index is 0.160. The molecule has 2 fully saturated rings. The molecule has 1 spiro atoms. The Balaban J connectivity index is 1.90. The van der Waals surface area contributed by atoms with Crippen LogP contribution in [-0.2, 0) is 5.41 Å². The van der Waals surface area contributed by atoms with Crippen LogP contribution in [-0.4, -0.2) is 0 Å². The molecule has 0 unspecified atom stereocenters. The predicted molar refractivity (Wildman–Crippen MR) is 64.0 cm³/mol. The van der Waals surface area contributed by atoms with Crippen molar-refractivity contribution in [2.24, 2.45) is 5.41 Å². The minimum Gasteiger partial charge on any atom is -0.197 e. The summed E-state index contributed by atoms with van der Waals surface area (Å²) in [5.41, 5.74) is 2.90. The van der Waals surface area contributed by atoms with Gasteiger partial charge in [-0.15, -0.1) is 0 Å². The lowest BCUT2D eigenvalue weighted by Gasteiger charge is -2.58. The van der Waals surface area contributed by atoms with Crippen molar-refractivity contribution in [2.75, 3.05) is 0 Å². The van der Waals surface area contributed by atoms with E-state index in [0.717, 1.165) is 12.8 Å². The first-order valence-electron chi connectivity index (χ1n) is 6.17. The average molecular weight is 211 g/mol. The maximum atomic E-state index is 9.48. The quantitative estimate of drug-likeness (QED) is 0.694. The minimum atomic E-state index is -0.160. The lowest BCUT2D eigenvalue weighted by Crippen LogP contribution is -2.52. The van der Waals surface area contributed by atoms with Gasteiger partial charge in [0.05, 0.1) is 11.5 Å². The van der Waals surface area contributed by atoms with Gasteiger partial charge in [-0.05, 0) is 43.6 Å². The second kappa shape index (κ2) is 3.10. The van der Waals surface area contributed by atoms with Gasteiger partial charge in [-0.25, -0.2) is 0 Å². The van der Waals surface area contributed by atoms with Crippen molar-refractivity contribution in [3.05, 3.63) is 35.4 Å². The van der Waals surface area contributed by atoms with Gasteiger partial charge in [0.2, 0.25) is 0 Å². The second-order valence-corrected chi connectivity index (χ2v) is 5.77. The summed E-state index contributed by atoms with van der Waals surface area (Å²) in [4.78, 5) is 0. The zero-order chi connectivity index (χ0) is 11.2. The molecule has 82 valence electrons. The van der Waals surface area contributed by atoms with Gasteiger partial charge < -0.3 is 0 Å². The molecule has 0 N–H and O–H groups in total. The molecule has 1 nitrogen and oxygen atoms in total. The maximum absolute atomic E-state index is 9.48. The van der Waals surface area contributed by atoms with Crippen molar-refractivity contribution >= 4 is 0 Å². The van der Waals surface area contributed by atoms with Crippen molar-refractivity contribution in [1.82, 2.24) is 0 Å². The molecule has 0 saturated heterocycles. The molecule has 0 aromatic heterocycles. The highest BCUT2D eigenvalue weighted by Crippen LogP contribution is 2.64. The summed E-state index contributed by atoms with van der Waals surface area (Å²) < 4.78 is 0. The molecule has 0 amide bonds. The van der Waals surface area contributed by atoms with Crippen LogP contribution in [0.5, 0.6) is 0 Å². The van der Waals surface area contributed by atoms with Crippen LogP contribution < -0.4 is 0 Å². The van der Waals surface area contributed by atoms with Gasteiger partial charge in [0.15, 0.2) is 0 Å². The van der Waals surface area contributed by atoms with Crippen LogP contribution in [0.15, 0.2) is 24.3 Å². The van der Waals surface area contributed by atoms with E-state index in [9.17, 15) is 5.26 Å².